The number of nitrogen functional groups attached to an aromatic ring is 1. The van der Waals surface area contributed by atoms with Crippen molar-refractivity contribution in [2.45, 2.75) is 37.8 Å². The van der Waals surface area contributed by atoms with Gasteiger partial charge in [-0.1, -0.05) is 42.5 Å². The number of hydrogen-bond donors (Lipinski definition) is 2. The summed E-state index contributed by atoms with van der Waals surface area (Å²) in [6.07, 6.45) is 7.97. The van der Waals surface area contributed by atoms with Gasteiger partial charge in [0.05, 0.1) is 5.39 Å². The third-order valence-corrected chi connectivity index (χ3v) is 7.07. The molecule has 6 rings (SSSR count). The van der Waals surface area contributed by atoms with Crippen LogP contribution in [0.3, 0.4) is 0 Å². The normalized spacial score (nSPS) is 22.2. The lowest BCUT2D eigenvalue weighted by molar-refractivity contribution is 0.177. The molecule has 0 amide bonds. The molecular formula is C26H27N5O. The van der Waals surface area contributed by atoms with Gasteiger partial charge in [-0.25, -0.2) is 9.97 Å². The van der Waals surface area contributed by atoms with Crippen LogP contribution in [0.25, 0.3) is 22.2 Å². The molecule has 1 unspecified atom stereocenters. The maximum atomic E-state index is 6.45. The van der Waals surface area contributed by atoms with E-state index >= 15 is 0 Å². The molecule has 1 atom stereocenters. The van der Waals surface area contributed by atoms with E-state index in [2.05, 4.69) is 63.2 Å². The first kappa shape index (κ1) is 19.3. The summed E-state index contributed by atoms with van der Waals surface area (Å²) < 4.78 is 8.72. The SMILES string of the molecule is NCC1CC(n2cc(-c3ccc4c(c3)OC(c3ccccc3)CC4)c3c(N)ncnc32)C1. The number of fused-ring (bicyclic) bond motifs is 2. The first-order valence-corrected chi connectivity index (χ1v) is 11.4. The number of nitrogens with two attached hydrogens (primary N) is 2. The third kappa shape index (κ3) is 3.14. The molecule has 3 heterocycles. The number of rotatable bonds is 4. The highest BCUT2D eigenvalue weighted by atomic mass is 16.5. The first-order chi connectivity index (χ1) is 15.7. The predicted molar refractivity (Wildman–Crippen MR) is 126 cm³/mol. The predicted octanol–water partition coefficient (Wildman–Crippen LogP) is 4.66. The molecule has 1 saturated carbocycles. The highest BCUT2D eigenvalue weighted by Gasteiger charge is 2.32. The summed E-state index contributed by atoms with van der Waals surface area (Å²) in [5.41, 5.74) is 17.7. The zero-order valence-corrected chi connectivity index (χ0v) is 17.9. The minimum atomic E-state index is 0.0804. The Morgan fingerprint density at radius 1 is 1.06 bits per heavy atom. The fourth-order valence-corrected chi connectivity index (χ4v) is 5.17. The first-order valence-electron chi connectivity index (χ1n) is 11.4. The van der Waals surface area contributed by atoms with Crippen molar-refractivity contribution < 1.29 is 4.74 Å². The van der Waals surface area contributed by atoms with Crippen LogP contribution in [0.15, 0.2) is 61.1 Å². The van der Waals surface area contributed by atoms with Gasteiger partial charge < -0.3 is 20.8 Å². The number of nitrogens with zero attached hydrogens (tertiary/aromatic N) is 3. The lowest BCUT2D eigenvalue weighted by Crippen LogP contribution is -2.31. The molecular weight excluding hydrogens is 398 g/mol. The van der Waals surface area contributed by atoms with Gasteiger partial charge in [0.25, 0.3) is 0 Å². The molecule has 0 radical (unpaired) electrons. The average Bonchev–Trinajstić information content (AvgIpc) is 3.19. The molecule has 4 aromatic rings. The van der Waals surface area contributed by atoms with Gasteiger partial charge in [-0.3, -0.25) is 0 Å². The molecule has 6 nitrogen and oxygen atoms in total. The monoisotopic (exact) mass is 425 g/mol. The number of hydrogen-bond acceptors (Lipinski definition) is 5. The molecule has 2 aromatic heterocycles. The lowest BCUT2D eigenvalue weighted by Gasteiger charge is -2.35. The molecule has 2 aromatic carbocycles. The van der Waals surface area contributed by atoms with Crippen LogP contribution in [-0.2, 0) is 6.42 Å². The van der Waals surface area contributed by atoms with Crippen LogP contribution in [0.4, 0.5) is 5.82 Å². The third-order valence-electron chi connectivity index (χ3n) is 7.07. The van der Waals surface area contributed by atoms with Crippen LogP contribution < -0.4 is 16.2 Å². The van der Waals surface area contributed by atoms with Crippen molar-refractivity contribution in [1.82, 2.24) is 14.5 Å². The topological polar surface area (TPSA) is 92.0 Å². The molecule has 32 heavy (non-hydrogen) atoms. The van der Waals surface area contributed by atoms with Crippen molar-refractivity contribution >= 4 is 16.9 Å². The van der Waals surface area contributed by atoms with Crippen LogP contribution in [0.2, 0.25) is 0 Å². The second-order valence-corrected chi connectivity index (χ2v) is 9.01. The van der Waals surface area contributed by atoms with Crippen LogP contribution in [-0.4, -0.2) is 21.1 Å². The van der Waals surface area contributed by atoms with E-state index in [1.54, 1.807) is 6.33 Å². The van der Waals surface area contributed by atoms with Gasteiger partial charge in [0.15, 0.2) is 0 Å². The summed E-state index contributed by atoms with van der Waals surface area (Å²) in [5, 5.41) is 0.916. The lowest BCUT2D eigenvalue weighted by atomic mass is 9.80. The fourth-order valence-electron chi connectivity index (χ4n) is 5.17. The average molecular weight is 426 g/mol. The number of benzene rings is 2. The number of ether oxygens (including phenoxy) is 1. The van der Waals surface area contributed by atoms with Gasteiger partial charge in [-0.05, 0) is 60.9 Å². The zero-order valence-electron chi connectivity index (χ0n) is 17.9. The van der Waals surface area contributed by atoms with E-state index in [1.165, 1.54) is 11.1 Å². The minimum absolute atomic E-state index is 0.0804. The van der Waals surface area contributed by atoms with Crippen LogP contribution >= 0.6 is 0 Å². The van der Waals surface area contributed by atoms with E-state index < -0.39 is 0 Å². The fraction of sp³-hybridized carbons (Fsp3) is 0.308. The smallest absolute Gasteiger partial charge is 0.146 e. The Morgan fingerprint density at radius 2 is 1.91 bits per heavy atom. The van der Waals surface area contributed by atoms with Crippen LogP contribution in [0, 0.1) is 5.92 Å². The summed E-state index contributed by atoms with van der Waals surface area (Å²) in [7, 11) is 0. The van der Waals surface area contributed by atoms with E-state index in [9.17, 15) is 0 Å². The Hall–Kier alpha value is -3.38. The molecule has 162 valence electrons. The highest BCUT2D eigenvalue weighted by molar-refractivity contribution is 6.00. The molecule has 1 aliphatic heterocycles. The standard InChI is InChI=1S/C26H27N5O/c27-13-16-10-20(11-16)31-14-21(24-25(28)29-15-30-26(24)31)19-7-6-18-8-9-22(32-23(18)12-19)17-4-2-1-3-5-17/h1-7,12,14-16,20,22H,8-11,13,27H2,(H2,28,29,30). The molecule has 2 aliphatic rings. The van der Waals surface area contributed by atoms with Gasteiger partial charge in [0.2, 0.25) is 0 Å². The number of aryl methyl sites for hydroxylation is 1. The molecule has 4 N–H and O–H groups in total. The molecule has 0 bridgehead atoms. The molecule has 6 heteroatoms. The van der Waals surface area contributed by atoms with Gasteiger partial charge in [-0.2, -0.15) is 0 Å². The second kappa shape index (κ2) is 7.64. The zero-order chi connectivity index (χ0) is 21.7. The molecule has 0 saturated heterocycles. The van der Waals surface area contributed by atoms with E-state index in [0.717, 1.165) is 60.1 Å². The Bertz CT molecular complexity index is 1280. The Labute approximate surface area is 187 Å². The second-order valence-electron chi connectivity index (χ2n) is 9.01. The van der Waals surface area contributed by atoms with E-state index in [4.69, 9.17) is 16.2 Å². The maximum Gasteiger partial charge on any atom is 0.146 e. The van der Waals surface area contributed by atoms with Gasteiger partial charge >= 0.3 is 0 Å². The summed E-state index contributed by atoms with van der Waals surface area (Å²) in [4.78, 5) is 8.87. The maximum absolute atomic E-state index is 6.45. The van der Waals surface area contributed by atoms with Gasteiger partial charge in [0, 0.05) is 17.8 Å². The van der Waals surface area contributed by atoms with Crippen LogP contribution in [0.5, 0.6) is 5.75 Å². The van der Waals surface area contributed by atoms with E-state index in [1.807, 2.05) is 6.07 Å². The molecule has 0 spiro atoms. The number of anilines is 1. The van der Waals surface area contributed by atoms with Crippen molar-refractivity contribution in [3.05, 3.63) is 72.2 Å². The summed E-state index contributed by atoms with van der Waals surface area (Å²) in [6, 6.07) is 17.4. The largest absolute Gasteiger partial charge is 0.485 e. The Balaban J connectivity index is 1.40. The number of aromatic nitrogens is 3. The van der Waals surface area contributed by atoms with E-state index in [-0.39, 0.29) is 6.10 Å². The quantitative estimate of drug-likeness (QED) is 0.496. The summed E-state index contributed by atoms with van der Waals surface area (Å²) in [6.45, 7) is 0.740. The Morgan fingerprint density at radius 3 is 2.72 bits per heavy atom. The van der Waals surface area contributed by atoms with Crippen molar-refractivity contribution in [1.29, 1.82) is 0 Å². The molecule has 1 fully saturated rings. The van der Waals surface area contributed by atoms with E-state index in [0.29, 0.717) is 17.8 Å². The summed E-state index contributed by atoms with van der Waals surface area (Å²) >= 11 is 0. The minimum Gasteiger partial charge on any atom is -0.485 e. The van der Waals surface area contributed by atoms with Crippen molar-refractivity contribution in [3.8, 4) is 16.9 Å². The molecule has 1 aliphatic carbocycles. The van der Waals surface area contributed by atoms with Crippen LogP contribution in [0.1, 0.15) is 42.5 Å². The van der Waals surface area contributed by atoms with Gasteiger partial charge in [-0.15, -0.1) is 0 Å². The summed E-state index contributed by atoms with van der Waals surface area (Å²) in [5.74, 6) is 2.05. The van der Waals surface area contributed by atoms with Crippen molar-refractivity contribution in [2.24, 2.45) is 11.7 Å². The van der Waals surface area contributed by atoms with Crippen molar-refractivity contribution in [3.63, 3.8) is 0 Å². The van der Waals surface area contributed by atoms with Gasteiger partial charge in [0.1, 0.15) is 29.6 Å². The van der Waals surface area contributed by atoms with Crippen molar-refractivity contribution in [2.75, 3.05) is 12.3 Å². The highest BCUT2D eigenvalue weighted by Crippen LogP contribution is 2.44. The Kier molecular flexibility index (Phi) is 4.61.